The maximum Gasteiger partial charge on any atom is 0.387 e. The summed E-state index contributed by atoms with van der Waals surface area (Å²) in [7, 11) is 0. The Kier molecular flexibility index (Phi) is 6.41. The lowest BCUT2D eigenvalue weighted by atomic mass is 10.2. The normalized spacial score (nSPS) is 14.1. The predicted octanol–water partition coefficient (Wildman–Crippen LogP) is 2.37. The highest BCUT2D eigenvalue weighted by Gasteiger charge is 2.22. The molecule has 0 saturated carbocycles. The van der Waals surface area contributed by atoms with Crippen LogP contribution in [0.2, 0.25) is 0 Å². The van der Waals surface area contributed by atoms with Crippen molar-refractivity contribution in [3.05, 3.63) is 60.2 Å². The van der Waals surface area contributed by atoms with Crippen molar-refractivity contribution in [3.8, 4) is 5.75 Å². The number of hydrogen-bond donors (Lipinski definition) is 1. The van der Waals surface area contributed by atoms with E-state index < -0.39 is 12.5 Å². The Morgan fingerprint density at radius 2 is 1.61 bits per heavy atom. The summed E-state index contributed by atoms with van der Waals surface area (Å²) in [6.07, 6.45) is 0. The fraction of sp³-hybridized carbons (Fsp3) is 0.300. The molecule has 28 heavy (non-hydrogen) atoms. The summed E-state index contributed by atoms with van der Waals surface area (Å²) < 4.78 is 29.3. The number of ether oxygens (including phenoxy) is 1. The largest absolute Gasteiger partial charge is 0.434 e. The number of alkyl halides is 2. The Bertz CT molecular complexity index is 809. The second-order valence-corrected chi connectivity index (χ2v) is 6.26. The van der Waals surface area contributed by atoms with Crippen molar-refractivity contribution in [1.29, 1.82) is 0 Å². The number of halogens is 2. The molecule has 0 spiro atoms. The molecule has 1 aliphatic heterocycles. The zero-order valence-corrected chi connectivity index (χ0v) is 15.2. The molecule has 0 aliphatic carbocycles. The number of nitrogens with one attached hydrogen (secondary N) is 1. The molecule has 1 fully saturated rings. The molecule has 8 heteroatoms. The molecular formula is C20H21F2N3O3. The van der Waals surface area contributed by atoms with Crippen molar-refractivity contribution < 1.29 is 23.1 Å². The van der Waals surface area contributed by atoms with Crippen LogP contribution in [0.4, 0.5) is 14.5 Å². The molecule has 1 heterocycles. The molecule has 3 rings (SSSR count). The molecule has 0 aromatic heterocycles. The first-order valence-corrected chi connectivity index (χ1v) is 8.94. The van der Waals surface area contributed by atoms with Gasteiger partial charge in [0.2, 0.25) is 5.91 Å². The van der Waals surface area contributed by atoms with Crippen LogP contribution in [0.15, 0.2) is 54.6 Å². The number of piperazine rings is 1. The van der Waals surface area contributed by atoms with Crippen molar-refractivity contribution in [3.63, 3.8) is 0 Å². The molecule has 2 amide bonds. The number of amides is 2. The van der Waals surface area contributed by atoms with E-state index in [9.17, 15) is 18.4 Å². The topological polar surface area (TPSA) is 61.9 Å². The average molecular weight is 389 g/mol. The molecule has 0 radical (unpaired) electrons. The highest BCUT2D eigenvalue weighted by molar-refractivity contribution is 5.98. The van der Waals surface area contributed by atoms with Crippen LogP contribution < -0.4 is 15.0 Å². The quantitative estimate of drug-likeness (QED) is 0.824. The van der Waals surface area contributed by atoms with E-state index in [1.165, 1.54) is 24.3 Å². The van der Waals surface area contributed by atoms with Gasteiger partial charge in [0.25, 0.3) is 5.91 Å². The van der Waals surface area contributed by atoms with E-state index in [4.69, 9.17) is 0 Å². The molecule has 1 aliphatic rings. The van der Waals surface area contributed by atoms with Gasteiger partial charge in [0.15, 0.2) is 0 Å². The first-order chi connectivity index (χ1) is 13.5. The molecule has 1 N–H and O–H groups in total. The van der Waals surface area contributed by atoms with Crippen molar-refractivity contribution in [2.24, 2.45) is 0 Å². The lowest BCUT2D eigenvalue weighted by Crippen LogP contribution is -2.51. The second kappa shape index (κ2) is 9.16. The first kappa shape index (κ1) is 19.6. The van der Waals surface area contributed by atoms with Crippen molar-refractivity contribution in [1.82, 2.24) is 10.2 Å². The van der Waals surface area contributed by atoms with Gasteiger partial charge in [-0.05, 0) is 24.3 Å². The Hall–Kier alpha value is -3.16. The number of carbonyl (C=O) groups excluding carboxylic acids is 2. The molecule has 0 atom stereocenters. The Labute approximate surface area is 161 Å². The Morgan fingerprint density at radius 3 is 2.29 bits per heavy atom. The molecule has 2 aromatic rings. The van der Waals surface area contributed by atoms with E-state index in [0.29, 0.717) is 26.2 Å². The summed E-state index contributed by atoms with van der Waals surface area (Å²) >= 11 is 0. The lowest BCUT2D eigenvalue weighted by molar-refractivity contribution is -0.130. The number of hydrogen-bond acceptors (Lipinski definition) is 4. The van der Waals surface area contributed by atoms with Crippen molar-refractivity contribution in [2.45, 2.75) is 6.61 Å². The second-order valence-electron chi connectivity index (χ2n) is 6.26. The minimum Gasteiger partial charge on any atom is -0.434 e. The van der Waals surface area contributed by atoms with Gasteiger partial charge < -0.3 is 19.9 Å². The van der Waals surface area contributed by atoms with Gasteiger partial charge >= 0.3 is 6.61 Å². The van der Waals surface area contributed by atoms with Gasteiger partial charge in [0.1, 0.15) is 5.75 Å². The summed E-state index contributed by atoms with van der Waals surface area (Å²) in [6.45, 7) is -0.725. The number of carbonyl (C=O) groups is 2. The summed E-state index contributed by atoms with van der Waals surface area (Å²) in [6, 6.07) is 15.6. The number of para-hydroxylation sites is 2. The van der Waals surface area contributed by atoms with Crippen LogP contribution in [0.25, 0.3) is 0 Å². The summed E-state index contributed by atoms with van der Waals surface area (Å²) in [5.74, 6) is -1.07. The number of nitrogens with zero attached hydrogens (tertiary/aromatic N) is 2. The van der Waals surface area contributed by atoms with Crippen LogP contribution in [-0.2, 0) is 4.79 Å². The van der Waals surface area contributed by atoms with Crippen molar-refractivity contribution >= 4 is 17.5 Å². The lowest BCUT2D eigenvalue weighted by Gasteiger charge is -2.36. The van der Waals surface area contributed by atoms with Crippen LogP contribution >= 0.6 is 0 Å². The van der Waals surface area contributed by atoms with Gasteiger partial charge in [-0.1, -0.05) is 30.3 Å². The molecule has 2 aromatic carbocycles. The highest BCUT2D eigenvalue weighted by atomic mass is 19.3. The highest BCUT2D eigenvalue weighted by Crippen LogP contribution is 2.20. The van der Waals surface area contributed by atoms with Gasteiger partial charge in [-0.2, -0.15) is 8.78 Å². The van der Waals surface area contributed by atoms with Crippen LogP contribution in [0.3, 0.4) is 0 Å². The van der Waals surface area contributed by atoms with Gasteiger partial charge in [-0.3, -0.25) is 9.59 Å². The standard InChI is InChI=1S/C20H21F2N3O3/c21-20(22)28-17-9-5-4-8-16(17)19(27)23-14-18(26)25-12-10-24(11-13-25)15-6-2-1-3-7-15/h1-9,20H,10-14H2,(H,23,27). The summed E-state index contributed by atoms with van der Waals surface area (Å²) in [5.41, 5.74) is 1.07. The van der Waals surface area contributed by atoms with E-state index in [2.05, 4.69) is 15.0 Å². The SMILES string of the molecule is O=C(NCC(=O)N1CCN(c2ccccc2)CC1)c1ccccc1OC(F)F. The molecule has 1 saturated heterocycles. The van der Waals surface area contributed by atoms with E-state index >= 15 is 0 Å². The fourth-order valence-electron chi connectivity index (χ4n) is 3.07. The van der Waals surface area contributed by atoms with Gasteiger partial charge in [0, 0.05) is 31.9 Å². The number of rotatable bonds is 6. The smallest absolute Gasteiger partial charge is 0.387 e. The van der Waals surface area contributed by atoms with E-state index in [1.54, 1.807) is 4.90 Å². The van der Waals surface area contributed by atoms with Crippen LogP contribution in [-0.4, -0.2) is 56.0 Å². The summed E-state index contributed by atoms with van der Waals surface area (Å²) in [5, 5.41) is 2.48. The van der Waals surface area contributed by atoms with Crippen LogP contribution in [0, 0.1) is 0 Å². The first-order valence-electron chi connectivity index (χ1n) is 8.94. The third-order valence-electron chi connectivity index (χ3n) is 4.50. The number of benzene rings is 2. The van der Waals surface area contributed by atoms with E-state index in [-0.39, 0.29) is 23.8 Å². The third kappa shape index (κ3) is 4.97. The van der Waals surface area contributed by atoms with Crippen LogP contribution in [0.1, 0.15) is 10.4 Å². The maximum atomic E-state index is 12.5. The molecule has 6 nitrogen and oxygen atoms in total. The zero-order chi connectivity index (χ0) is 19.9. The minimum absolute atomic E-state index is 0.0375. The molecule has 148 valence electrons. The molecule has 0 bridgehead atoms. The van der Waals surface area contributed by atoms with Gasteiger partial charge in [-0.25, -0.2) is 0 Å². The third-order valence-corrected chi connectivity index (χ3v) is 4.50. The Morgan fingerprint density at radius 1 is 0.964 bits per heavy atom. The number of anilines is 1. The molecular weight excluding hydrogens is 368 g/mol. The average Bonchev–Trinajstić information content (AvgIpc) is 2.72. The van der Waals surface area contributed by atoms with E-state index in [0.717, 1.165) is 5.69 Å². The van der Waals surface area contributed by atoms with Crippen LogP contribution in [0.5, 0.6) is 5.75 Å². The Balaban J connectivity index is 1.50. The maximum absolute atomic E-state index is 12.5. The van der Waals surface area contributed by atoms with Gasteiger partial charge in [0.05, 0.1) is 12.1 Å². The molecule has 0 unspecified atom stereocenters. The fourth-order valence-corrected chi connectivity index (χ4v) is 3.07. The predicted molar refractivity (Wildman–Crippen MR) is 101 cm³/mol. The monoisotopic (exact) mass is 389 g/mol. The van der Waals surface area contributed by atoms with Gasteiger partial charge in [-0.15, -0.1) is 0 Å². The summed E-state index contributed by atoms with van der Waals surface area (Å²) in [4.78, 5) is 28.5. The van der Waals surface area contributed by atoms with E-state index in [1.807, 2.05) is 30.3 Å². The minimum atomic E-state index is -3.03. The zero-order valence-electron chi connectivity index (χ0n) is 15.2. The van der Waals surface area contributed by atoms with Crippen molar-refractivity contribution in [2.75, 3.05) is 37.6 Å².